The molecule has 19 heavy (non-hydrogen) atoms. The second-order valence-corrected chi connectivity index (χ2v) is 3.93. The summed E-state index contributed by atoms with van der Waals surface area (Å²) in [6, 6.07) is 10.9. The maximum atomic E-state index is 5.82. The molecule has 1 heterocycles. The molecule has 0 spiro atoms. The number of nitrogen functional groups attached to an aromatic ring is 1. The molecule has 2 rings (SSSR count). The van der Waals surface area contributed by atoms with Crippen molar-refractivity contribution in [3.05, 3.63) is 42.0 Å². The van der Waals surface area contributed by atoms with Crippen molar-refractivity contribution in [1.29, 1.82) is 0 Å². The summed E-state index contributed by atoms with van der Waals surface area (Å²) in [7, 11) is 3.19. The Bertz CT molecular complexity index is 558. The van der Waals surface area contributed by atoms with Gasteiger partial charge in [0.1, 0.15) is 5.75 Å². The number of methoxy groups -OCH3 is 2. The number of benzene rings is 1. The van der Waals surface area contributed by atoms with Gasteiger partial charge in [-0.25, -0.2) is 0 Å². The minimum absolute atomic E-state index is 0.328. The Morgan fingerprint density at radius 3 is 2.74 bits per heavy atom. The van der Waals surface area contributed by atoms with Crippen LogP contribution in [0.15, 0.2) is 36.4 Å². The molecule has 0 aliphatic rings. The van der Waals surface area contributed by atoms with Crippen LogP contribution in [-0.2, 0) is 11.3 Å². The lowest BCUT2D eigenvalue weighted by molar-refractivity contribution is 0.184. The van der Waals surface area contributed by atoms with Crippen molar-refractivity contribution in [2.45, 2.75) is 6.61 Å². The molecule has 0 saturated carbocycles. The fourth-order valence-corrected chi connectivity index (χ4v) is 1.61. The number of hydrogen-bond acceptors (Lipinski definition) is 5. The van der Waals surface area contributed by atoms with Gasteiger partial charge < -0.3 is 19.9 Å². The largest absolute Gasteiger partial charge is 0.481 e. The number of pyridine rings is 1. The lowest BCUT2D eigenvalue weighted by Crippen LogP contribution is -1.97. The topological polar surface area (TPSA) is 66.6 Å². The van der Waals surface area contributed by atoms with E-state index in [1.807, 2.05) is 24.3 Å². The standard InChI is InChI=1S/C14H16N2O3/c1-17-9-10-4-3-5-11(8-10)19-14-12(15)6-7-13(16-14)18-2/h3-8H,9,15H2,1-2H3. The minimum atomic E-state index is 0.328. The van der Waals surface area contributed by atoms with Gasteiger partial charge in [-0.2, -0.15) is 4.98 Å². The lowest BCUT2D eigenvalue weighted by Gasteiger charge is -2.09. The molecule has 0 amide bonds. The zero-order valence-corrected chi connectivity index (χ0v) is 10.9. The van der Waals surface area contributed by atoms with Crippen molar-refractivity contribution >= 4 is 5.69 Å². The van der Waals surface area contributed by atoms with Crippen molar-refractivity contribution in [2.75, 3.05) is 20.0 Å². The second kappa shape index (κ2) is 6.06. The number of aromatic nitrogens is 1. The third-order valence-corrected chi connectivity index (χ3v) is 2.50. The first kappa shape index (κ1) is 13.2. The van der Waals surface area contributed by atoms with Crippen LogP contribution in [0.4, 0.5) is 5.69 Å². The Kier molecular flexibility index (Phi) is 4.20. The second-order valence-electron chi connectivity index (χ2n) is 3.93. The number of nitrogens with two attached hydrogens (primary N) is 1. The molecule has 5 nitrogen and oxygen atoms in total. The molecule has 0 aliphatic heterocycles. The normalized spacial score (nSPS) is 10.2. The van der Waals surface area contributed by atoms with E-state index in [1.165, 1.54) is 0 Å². The summed E-state index contributed by atoms with van der Waals surface area (Å²) in [5.74, 6) is 1.44. The van der Waals surface area contributed by atoms with Crippen LogP contribution in [0.1, 0.15) is 5.56 Å². The van der Waals surface area contributed by atoms with E-state index >= 15 is 0 Å². The van der Waals surface area contributed by atoms with Gasteiger partial charge in [0.05, 0.1) is 19.4 Å². The molecule has 0 bridgehead atoms. The summed E-state index contributed by atoms with van der Waals surface area (Å²) in [4.78, 5) is 4.16. The molecular formula is C14H16N2O3. The number of nitrogens with zero attached hydrogens (tertiary/aromatic N) is 1. The minimum Gasteiger partial charge on any atom is -0.481 e. The lowest BCUT2D eigenvalue weighted by atomic mass is 10.2. The van der Waals surface area contributed by atoms with E-state index in [4.69, 9.17) is 19.9 Å². The third-order valence-electron chi connectivity index (χ3n) is 2.50. The Morgan fingerprint density at radius 2 is 2.00 bits per heavy atom. The van der Waals surface area contributed by atoms with E-state index in [0.29, 0.717) is 29.8 Å². The number of hydrogen-bond donors (Lipinski definition) is 1. The summed E-state index contributed by atoms with van der Waals surface area (Å²) in [5, 5.41) is 0. The molecule has 0 radical (unpaired) electrons. The van der Waals surface area contributed by atoms with Crippen molar-refractivity contribution in [3.63, 3.8) is 0 Å². The molecule has 0 aliphatic carbocycles. The highest BCUT2D eigenvalue weighted by molar-refractivity contribution is 5.51. The van der Waals surface area contributed by atoms with E-state index < -0.39 is 0 Å². The van der Waals surface area contributed by atoms with Gasteiger partial charge >= 0.3 is 0 Å². The molecule has 100 valence electrons. The average Bonchev–Trinajstić information content (AvgIpc) is 2.42. The quantitative estimate of drug-likeness (QED) is 0.895. The van der Waals surface area contributed by atoms with Crippen LogP contribution in [0.2, 0.25) is 0 Å². The van der Waals surface area contributed by atoms with Crippen LogP contribution < -0.4 is 15.2 Å². The predicted octanol–water partition coefficient (Wildman–Crippen LogP) is 2.61. The van der Waals surface area contributed by atoms with Crippen molar-refractivity contribution in [3.8, 4) is 17.5 Å². The van der Waals surface area contributed by atoms with Crippen molar-refractivity contribution in [2.24, 2.45) is 0 Å². The van der Waals surface area contributed by atoms with Crippen LogP contribution in [-0.4, -0.2) is 19.2 Å². The van der Waals surface area contributed by atoms with Gasteiger partial charge in [0.15, 0.2) is 0 Å². The molecule has 2 aromatic rings. The first-order chi connectivity index (χ1) is 9.22. The van der Waals surface area contributed by atoms with Crippen LogP contribution in [0.25, 0.3) is 0 Å². The van der Waals surface area contributed by atoms with Gasteiger partial charge in [-0.15, -0.1) is 0 Å². The predicted molar refractivity (Wildman–Crippen MR) is 72.4 cm³/mol. The Balaban J connectivity index is 2.22. The summed E-state index contributed by atoms with van der Waals surface area (Å²) < 4.78 is 15.8. The maximum Gasteiger partial charge on any atom is 0.246 e. The molecule has 0 atom stereocenters. The van der Waals surface area contributed by atoms with E-state index in [0.717, 1.165) is 5.56 Å². The van der Waals surface area contributed by atoms with Gasteiger partial charge in [-0.3, -0.25) is 0 Å². The van der Waals surface area contributed by atoms with Crippen LogP contribution in [0, 0.1) is 0 Å². The Hall–Kier alpha value is -2.27. The molecular weight excluding hydrogens is 244 g/mol. The van der Waals surface area contributed by atoms with Gasteiger partial charge in [0.25, 0.3) is 0 Å². The zero-order valence-electron chi connectivity index (χ0n) is 10.9. The number of anilines is 1. The average molecular weight is 260 g/mol. The number of ether oxygens (including phenoxy) is 3. The monoisotopic (exact) mass is 260 g/mol. The summed E-state index contributed by atoms with van der Waals surface area (Å²) in [6.07, 6.45) is 0. The first-order valence-electron chi connectivity index (χ1n) is 5.79. The van der Waals surface area contributed by atoms with Gasteiger partial charge in [-0.05, 0) is 23.8 Å². The first-order valence-corrected chi connectivity index (χ1v) is 5.79. The molecule has 5 heteroatoms. The highest BCUT2D eigenvalue weighted by atomic mass is 16.5. The zero-order chi connectivity index (χ0) is 13.7. The van der Waals surface area contributed by atoms with E-state index in [-0.39, 0.29) is 0 Å². The van der Waals surface area contributed by atoms with Gasteiger partial charge in [0, 0.05) is 13.2 Å². The number of rotatable bonds is 5. The van der Waals surface area contributed by atoms with Gasteiger partial charge in [0.2, 0.25) is 11.8 Å². The molecule has 0 unspecified atom stereocenters. The molecule has 2 N–H and O–H groups in total. The highest BCUT2D eigenvalue weighted by Crippen LogP contribution is 2.27. The molecule has 1 aromatic carbocycles. The molecule has 0 fully saturated rings. The van der Waals surface area contributed by atoms with Crippen LogP contribution >= 0.6 is 0 Å². The smallest absolute Gasteiger partial charge is 0.246 e. The summed E-state index contributed by atoms with van der Waals surface area (Å²) in [5.41, 5.74) is 7.29. The molecule has 1 aromatic heterocycles. The summed E-state index contributed by atoms with van der Waals surface area (Å²) in [6.45, 7) is 0.526. The van der Waals surface area contributed by atoms with Crippen molar-refractivity contribution in [1.82, 2.24) is 4.98 Å². The SMILES string of the molecule is COCc1cccc(Oc2nc(OC)ccc2N)c1. The maximum absolute atomic E-state index is 5.82. The van der Waals surface area contributed by atoms with E-state index in [9.17, 15) is 0 Å². The Labute approximate surface area is 111 Å². The third kappa shape index (κ3) is 3.35. The highest BCUT2D eigenvalue weighted by Gasteiger charge is 2.06. The van der Waals surface area contributed by atoms with E-state index in [1.54, 1.807) is 26.4 Å². The molecule has 0 saturated heterocycles. The van der Waals surface area contributed by atoms with Crippen LogP contribution in [0.3, 0.4) is 0 Å². The van der Waals surface area contributed by atoms with Gasteiger partial charge in [-0.1, -0.05) is 12.1 Å². The van der Waals surface area contributed by atoms with Crippen LogP contribution in [0.5, 0.6) is 17.5 Å². The Morgan fingerprint density at radius 1 is 1.16 bits per heavy atom. The fourth-order valence-electron chi connectivity index (χ4n) is 1.61. The van der Waals surface area contributed by atoms with Crippen molar-refractivity contribution < 1.29 is 14.2 Å². The summed E-state index contributed by atoms with van der Waals surface area (Å²) >= 11 is 0. The van der Waals surface area contributed by atoms with E-state index in [2.05, 4.69) is 4.98 Å². The fraction of sp³-hybridized carbons (Fsp3) is 0.214.